The molecule has 7 aromatic carbocycles. The van der Waals surface area contributed by atoms with Crippen molar-refractivity contribution >= 4 is 0 Å². The molecular weight excluding hydrogens is 1320 g/mol. The molecule has 0 radical (unpaired) electrons. The van der Waals surface area contributed by atoms with Crippen LogP contribution in [0.4, 0.5) is 0 Å². The number of rotatable bonds is 19. The largest absolute Gasteiger partial charge is 0.508 e. The van der Waals surface area contributed by atoms with Gasteiger partial charge in [0.25, 0.3) is 0 Å². The van der Waals surface area contributed by atoms with E-state index in [-0.39, 0.29) is 60.6 Å². The molecule has 1 unspecified atom stereocenters. The van der Waals surface area contributed by atoms with Crippen LogP contribution in [0, 0.1) is 41.5 Å². The molecule has 1 atom stereocenters. The highest BCUT2D eigenvalue weighted by atomic mass is 16.3. The highest BCUT2D eigenvalue weighted by Crippen LogP contribution is 2.49. The Balaban J connectivity index is 0.000000354. The van der Waals surface area contributed by atoms with Gasteiger partial charge in [0.05, 0.1) is 0 Å². The Morgan fingerprint density at radius 1 is 0.259 bits per heavy atom. The fourth-order valence-electron chi connectivity index (χ4n) is 16.1. The number of phenols is 6. The van der Waals surface area contributed by atoms with E-state index in [2.05, 4.69) is 304 Å². The summed E-state index contributed by atoms with van der Waals surface area (Å²) in [6.07, 6.45) is 16.0. The fourth-order valence-corrected chi connectivity index (χ4v) is 16.1. The standard InChI is InChI=1S/C54H78O3.C37H52O3.C11H24/c1-31-37(22-34-25-40(49(4,5)6)46(55)41(26-34)50(7,8)9)32(2)39(24-36-29-44(53(16,17)18)48(57)45(30-36)54(19,20)21)33(3)38(31)23-35-27-42(51(10,11)12)47(56)43(28-35)52(13,14)15;1-21(25-18-29(35(5,6)7)32(38)15-22(25)2)14-28(26-19-30(36(8,9)10)33(39)16-23(26)3)27-20-31(37(11,12)13)34(40)17-24(27)4;1-3-5-7-9-11-10-8-6-4-2/h25-30,55-57H,22-24H2,1-21H3;15-21,28,38-40H,14H2,1-13H3;3-11H2,1-2H3. The molecule has 108 heavy (non-hydrogen) atoms. The van der Waals surface area contributed by atoms with Crippen molar-refractivity contribution in [3.05, 3.63) is 206 Å². The Bertz CT molecular complexity index is 3780. The van der Waals surface area contributed by atoms with E-state index in [9.17, 15) is 30.6 Å². The molecule has 0 bridgehead atoms. The normalized spacial score (nSPS) is 13.2. The molecule has 0 spiro atoms. The molecule has 598 valence electrons. The van der Waals surface area contributed by atoms with E-state index in [4.69, 9.17) is 0 Å². The van der Waals surface area contributed by atoms with Crippen molar-refractivity contribution in [2.45, 2.75) is 393 Å². The predicted molar refractivity (Wildman–Crippen MR) is 468 cm³/mol. The zero-order valence-electron chi connectivity index (χ0n) is 75.5. The molecule has 0 aliphatic rings. The molecule has 0 saturated carbocycles. The SMILES string of the molecule is CCCCCCCCCCC.Cc1c(Cc2cc(C(C)(C)C)c(O)c(C(C)(C)C)c2)c(C)c(Cc2cc(C(C)(C)C)c(O)c(C(C)(C)C)c2)c(C)c1Cc1cc(C(C)(C)C)c(O)c(C(C)(C)C)c1.Cc1cc(O)c(C(C)(C)C)cc1C(C)CC(c1cc(C(C)(C)C)c(O)cc1C)c1cc(C(C)(C)C)c(O)cc1C. The fraction of sp³-hybridized carbons (Fsp3) is 0.588. The first-order valence-electron chi connectivity index (χ1n) is 41.3. The van der Waals surface area contributed by atoms with E-state index < -0.39 is 0 Å². The van der Waals surface area contributed by atoms with Crippen LogP contribution in [0.15, 0.2) is 72.8 Å². The summed E-state index contributed by atoms with van der Waals surface area (Å²) >= 11 is 0. The maximum absolute atomic E-state index is 11.6. The van der Waals surface area contributed by atoms with Crippen LogP contribution in [0.5, 0.6) is 34.5 Å². The zero-order valence-corrected chi connectivity index (χ0v) is 75.5. The minimum atomic E-state index is -0.226. The Morgan fingerprint density at radius 2 is 0.454 bits per heavy atom. The summed E-state index contributed by atoms with van der Waals surface area (Å²) in [5, 5.41) is 67.5. The van der Waals surface area contributed by atoms with Crippen molar-refractivity contribution in [2.24, 2.45) is 0 Å². The van der Waals surface area contributed by atoms with Gasteiger partial charge in [0.2, 0.25) is 0 Å². The van der Waals surface area contributed by atoms with Gasteiger partial charge < -0.3 is 30.6 Å². The second kappa shape index (κ2) is 34.9. The van der Waals surface area contributed by atoms with Crippen molar-refractivity contribution in [1.29, 1.82) is 0 Å². The molecule has 0 heterocycles. The minimum Gasteiger partial charge on any atom is -0.508 e. The van der Waals surface area contributed by atoms with E-state index in [1.165, 1.54) is 125 Å². The first-order chi connectivity index (χ1) is 49.1. The van der Waals surface area contributed by atoms with Crippen LogP contribution in [0.1, 0.15) is 417 Å². The molecular formula is C102H154O6. The van der Waals surface area contributed by atoms with Crippen LogP contribution in [0.25, 0.3) is 0 Å². The monoisotopic (exact) mass is 1480 g/mol. The third kappa shape index (κ3) is 23.2. The maximum Gasteiger partial charge on any atom is 0.123 e. The first kappa shape index (κ1) is 91.9. The lowest BCUT2D eigenvalue weighted by molar-refractivity contribution is 0.422. The number of hydrogen-bond acceptors (Lipinski definition) is 6. The lowest BCUT2D eigenvalue weighted by atomic mass is 9.74. The molecule has 0 aliphatic carbocycles. The van der Waals surface area contributed by atoms with Gasteiger partial charge in [-0.05, 0) is 274 Å². The third-order valence-electron chi connectivity index (χ3n) is 22.9. The van der Waals surface area contributed by atoms with Gasteiger partial charge in [-0.15, -0.1) is 0 Å². The predicted octanol–water partition coefficient (Wildman–Crippen LogP) is 28.8. The molecule has 0 aromatic heterocycles. The molecule has 0 amide bonds. The summed E-state index contributed by atoms with van der Waals surface area (Å²) in [4.78, 5) is 0. The van der Waals surface area contributed by atoms with Gasteiger partial charge in [0.15, 0.2) is 0 Å². The van der Waals surface area contributed by atoms with Gasteiger partial charge >= 0.3 is 0 Å². The van der Waals surface area contributed by atoms with Crippen molar-refractivity contribution < 1.29 is 30.6 Å². The molecule has 6 heteroatoms. The average Bonchev–Trinajstić information content (AvgIpc) is 0.752. The summed E-state index contributed by atoms with van der Waals surface area (Å²) in [6.45, 7) is 78.5. The summed E-state index contributed by atoms with van der Waals surface area (Å²) in [5.41, 5.74) is 25.2. The number of phenolic OH excluding ortho intramolecular Hbond substituents is 6. The van der Waals surface area contributed by atoms with Crippen LogP contribution in [0.3, 0.4) is 0 Å². The average molecular weight is 1480 g/mol. The van der Waals surface area contributed by atoms with Crippen molar-refractivity contribution in [3.8, 4) is 34.5 Å². The van der Waals surface area contributed by atoms with Crippen molar-refractivity contribution in [3.63, 3.8) is 0 Å². The van der Waals surface area contributed by atoms with Crippen LogP contribution < -0.4 is 0 Å². The van der Waals surface area contributed by atoms with E-state index in [1.807, 2.05) is 18.2 Å². The molecule has 0 saturated heterocycles. The Labute approximate surface area is 660 Å². The topological polar surface area (TPSA) is 121 Å². The van der Waals surface area contributed by atoms with Gasteiger partial charge in [-0.2, -0.15) is 0 Å². The Kier molecular flexibility index (Phi) is 29.7. The van der Waals surface area contributed by atoms with Gasteiger partial charge in [0, 0.05) is 5.92 Å². The molecule has 0 fully saturated rings. The van der Waals surface area contributed by atoms with Crippen LogP contribution >= 0.6 is 0 Å². The van der Waals surface area contributed by atoms with Gasteiger partial charge in [-0.3, -0.25) is 0 Å². The molecule has 7 aromatic rings. The quantitative estimate of drug-likeness (QED) is 0.0449. The highest BCUT2D eigenvalue weighted by molar-refractivity contribution is 5.61. The summed E-state index contributed by atoms with van der Waals surface area (Å²) in [7, 11) is 0. The lowest BCUT2D eigenvalue weighted by Crippen LogP contribution is -2.19. The number of aryl methyl sites for hydroxylation is 3. The number of hydrogen-bond donors (Lipinski definition) is 6. The van der Waals surface area contributed by atoms with Crippen LogP contribution in [0.2, 0.25) is 0 Å². The van der Waals surface area contributed by atoms with E-state index in [0.717, 1.165) is 92.4 Å². The Hall–Kier alpha value is -6.66. The van der Waals surface area contributed by atoms with E-state index in [1.54, 1.807) is 0 Å². The molecule has 7 rings (SSSR count). The lowest BCUT2D eigenvalue weighted by Gasteiger charge is -2.31. The highest BCUT2D eigenvalue weighted by Gasteiger charge is 2.34. The molecule has 6 nitrogen and oxygen atoms in total. The molecule has 6 N–H and O–H groups in total. The number of benzene rings is 7. The zero-order chi connectivity index (χ0) is 82.7. The van der Waals surface area contributed by atoms with E-state index >= 15 is 0 Å². The number of unbranched alkanes of at least 4 members (excludes halogenated alkanes) is 8. The molecule has 0 aliphatic heterocycles. The van der Waals surface area contributed by atoms with Gasteiger partial charge in [-0.25, -0.2) is 0 Å². The van der Waals surface area contributed by atoms with Crippen LogP contribution in [-0.2, 0) is 68.0 Å². The van der Waals surface area contributed by atoms with Gasteiger partial charge in [0.1, 0.15) is 34.5 Å². The first-order valence-corrected chi connectivity index (χ1v) is 41.3. The second-order valence-electron chi connectivity index (χ2n) is 42.1. The summed E-state index contributed by atoms with van der Waals surface area (Å²) < 4.78 is 0. The van der Waals surface area contributed by atoms with Gasteiger partial charge in [-0.1, -0.05) is 320 Å². The second-order valence-corrected chi connectivity index (χ2v) is 42.1. The Morgan fingerprint density at radius 3 is 0.657 bits per heavy atom. The summed E-state index contributed by atoms with van der Waals surface area (Å²) in [5.74, 6) is 2.49. The van der Waals surface area contributed by atoms with Crippen molar-refractivity contribution in [2.75, 3.05) is 0 Å². The third-order valence-corrected chi connectivity index (χ3v) is 22.9. The summed E-state index contributed by atoms with van der Waals surface area (Å²) in [6, 6.07) is 25.8. The minimum absolute atomic E-state index is 0.0460. The van der Waals surface area contributed by atoms with Crippen molar-refractivity contribution in [1.82, 2.24) is 0 Å². The van der Waals surface area contributed by atoms with Crippen LogP contribution in [-0.4, -0.2) is 30.6 Å². The maximum atomic E-state index is 11.6. The smallest absolute Gasteiger partial charge is 0.123 e. The van der Waals surface area contributed by atoms with E-state index in [0.29, 0.717) is 34.5 Å². The number of aromatic hydroxyl groups is 6.